The Morgan fingerprint density at radius 3 is 2.68 bits per heavy atom. The molecule has 0 aromatic heterocycles. The van der Waals surface area contributed by atoms with Gasteiger partial charge in [0.25, 0.3) is 5.91 Å². The summed E-state index contributed by atoms with van der Waals surface area (Å²) in [6.07, 6.45) is 4.54. The van der Waals surface area contributed by atoms with Gasteiger partial charge in [-0.15, -0.1) is 0 Å². The van der Waals surface area contributed by atoms with Crippen LogP contribution < -0.4 is 14.8 Å². The van der Waals surface area contributed by atoms with Crippen molar-refractivity contribution in [2.45, 2.75) is 20.0 Å². The normalized spacial score (nSPS) is 12.4. The molecule has 0 bridgehead atoms. The number of esters is 1. The second kappa shape index (κ2) is 8.43. The minimum absolute atomic E-state index is 0.218. The number of anilines is 1. The lowest BCUT2D eigenvalue weighted by Gasteiger charge is -2.10. The molecular weight excluding hydrogens is 358 g/mol. The molecule has 1 N–H and O–H groups in total. The van der Waals surface area contributed by atoms with Crippen LogP contribution in [0.3, 0.4) is 0 Å². The molecule has 0 radical (unpaired) electrons. The number of hydrogen-bond acceptors (Lipinski definition) is 5. The third-order valence-electron chi connectivity index (χ3n) is 3.93. The summed E-state index contributed by atoms with van der Waals surface area (Å²) in [7, 11) is 1.58. The molecule has 0 unspecified atom stereocenters. The first-order valence-corrected chi connectivity index (χ1v) is 8.81. The van der Waals surface area contributed by atoms with Gasteiger partial charge in [-0.1, -0.05) is 6.07 Å². The first-order valence-electron chi connectivity index (χ1n) is 8.81. The maximum Gasteiger partial charge on any atom is 0.338 e. The van der Waals surface area contributed by atoms with Crippen LogP contribution in [0.4, 0.5) is 5.69 Å². The summed E-state index contributed by atoms with van der Waals surface area (Å²) in [5.74, 6) is 0.522. The third-order valence-corrected chi connectivity index (χ3v) is 3.93. The molecule has 3 rings (SSSR count). The fourth-order valence-corrected chi connectivity index (χ4v) is 2.62. The van der Waals surface area contributed by atoms with Gasteiger partial charge in [0.05, 0.1) is 25.0 Å². The molecule has 144 valence electrons. The quantitative estimate of drug-likeness (QED) is 0.789. The summed E-state index contributed by atoms with van der Waals surface area (Å²) in [4.78, 5) is 24.8. The highest BCUT2D eigenvalue weighted by atomic mass is 16.5. The van der Waals surface area contributed by atoms with E-state index in [2.05, 4.69) is 5.32 Å². The second-order valence-corrected chi connectivity index (χ2v) is 6.41. The number of fused-ring (bicyclic) bond motifs is 1. The summed E-state index contributed by atoms with van der Waals surface area (Å²) in [5.41, 5.74) is 2.00. The van der Waals surface area contributed by atoms with Crippen LogP contribution in [-0.4, -0.2) is 25.1 Å². The molecule has 2 aromatic rings. The number of carbonyl (C=O) groups excluding carboxylic acids is 2. The monoisotopic (exact) mass is 379 g/mol. The molecule has 2 aromatic carbocycles. The highest BCUT2D eigenvalue weighted by Crippen LogP contribution is 2.29. The predicted molar refractivity (Wildman–Crippen MR) is 106 cm³/mol. The molecule has 0 saturated carbocycles. The largest absolute Gasteiger partial charge is 0.497 e. The molecule has 0 fully saturated rings. The topological polar surface area (TPSA) is 73.9 Å². The average Bonchev–Trinajstić information content (AvgIpc) is 2.89. The highest BCUT2D eigenvalue weighted by molar-refractivity contribution is 6.09. The lowest BCUT2D eigenvalue weighted by molar-refractivity contribution is -0.112. The fourth-order valence-electron chi connectivity index (χ4n) is 2.62. The highest BCUT2D eigenvalue weighted by Gasteiger charge is 2.15. The molecular formula is C22H21NO5. The van der Waals surface area contributed by atoms with E-state index >= 15 is 0 Å². The molecule has 1 amide bonds. The van der Waals surface area contributed by atoms with Gasteiger partial charge in [0.15, 0.2) is 0 Å². The number of amides is 1. The molecule has 0 atom stereocenters. The maximum absolute atomic E-state index is 12.7. The summed E-state index contributed by atoms with van der Waals surface area (Å²) >= 11 is 0. The Kier molecular flexibility index (Phi) is 5.79. The molecule has 6 heteroatoms. The molecule has 0 aliphatic carbocycles. The van der Waals surface area contributed by atoms with Crippen LogP contribution in [0, 0.1) is 0 Å². The Bertz CT molecular complexity index is 959. The SMILES string of the molecule is COc1ccc2c(c1)C=C(C(=O)Nc1cccc(C(=O)OC(C)C)c1)C=CO2. The molecule has 1 aliphatic heterocycles. The fraction of sp³-hybridized carbons (Fsp3) is 0.182. The van der Waals surface area contributed by atoms with Gasteiger partial charge >= 0.3 is 5.97 Å². The van der Waals surface area contributed by atoms with E-state index in [9.17, 15) is 9.59 Å². The van der Waals surface area contributed by atoms with E-state index in [-0.39, 0.29) is 12.0 Å². The van der Waals surface area contributed by atoms with Gasteiger partial charge in [-0.3, -0.25) is 4.79 Å². The van der Waals surface area contributed by atoms with Crippen molar-refractivity contribution in [3.05, 3.63) is 71.5 Å². The number of nitrogens with one attached hydrogen (secondary N) is 1. The molecule has 0 spiro atoms. The number of rotatable bonds is 5. The van der Waals surface area contributed by atoms with E-state index in [4.69, 9.17) is 14.2 Å². The molecule has 0 saturated heterocycles. The van der Waals surface area contributed by atoms with E-state index in [0.717, 1.165) is 5.56 Å². The van der Waals surface area contributed by atoms with Crippen LogP contribution in [0.5, 0.6) is 11.5 Å². The molecule has 6 nitrogen and oxygen atoms in total. The van der Waals surface area contributed by atoms with Gasteiger partial charge in [-0.25, -0.2) is 4.79 Å². The smallest absolute Gasteiger partial charge is 0.338 e. The zero-order chi connectivity index (χ0) is 20.1. The van der Waals surface area contributed by atoms with Gasteiger partial charge < -0.3 is 19.5 Å². The van der Waals surface area contributed by atoms with E-state index < -0.39 is 5.97 Å². The Balaban J connectivity index is 1.81. The van der Waals surface area contributed by atoms with E-state index in [0.29, 0.717) is 28.3 Å². The summed E-state index contributed by atoms with van der Waals surface area (Å²) < 4.78 is 15.9. The van der Waals surface area contributed by atoms with E-state index in [1.165, 1.54) is 6.26 Å². The van der Waals surface area contributed by atoms with Crippen molar-refractivity contribution in [2.24, 2.45) is 0 Å². The Morgan fingerprint density at radius 1 is 1.11 bits per heavy atom. The number of ether oxygens (including phenoxy) is 3. The van der Waals surface area contributed by atoms with E-state index in [1.807, 2.05) is 0 Å². The lowest BCUT2D eigenvalue weighted by Crippen LogP contribution is -2.15. The van der Waals surface area contributed by atoms with Crippen molar-refractivity contribution < 1.29 is 23.8 Å². The molecule has 1 heterocycles. The van der Waals surface area contributed by atoms with Crippen molar-refractivity contribution in [1.29, 1.82) is 0 Å². The van der Waals surface area contributed by atoms with E-state index in [1.54, 1.807) is 75.6 Å². The van der Waals surface area contributed by atoms with Gasteiger partial charge in [0, 0.05) is 16.8 Å². The maximum atomic E-state index is 12.7. The second-order valence-electron chi connectivity index (χ2n) is 6.41. The number of hydrogen-bond donors (Lipinski definition) is 1. The summed E-state index contributed by atoms with van der Waals surface area (Å²) in [6, 6.07) is 12.0. The summed E-state index contributed by atoms with van der Waals surface area (Å²) in [5, 5.41) is 2.79. The van der Waals surface area contributed by atoms with Crippen LogP contribution in [0.25, 0.3) is 6.08 Å². The third kappa shape index (κ3) is 4.59. The zero-order valence-electron chi connectivity index (χ0n) is 15.9. The predicted octanol–water partition coefficient (Wildman–Crippen LogP) is 4.19. The first-order chi connectivity index (χ1) is 13.5. The van der Waals surface area contributed by atoms with Crippen LogP contribution in [0.2, 0.25) is 0 Å². The molecule has 28 heavy (non-hydrogen) atoms. The number of carbonyl (C=O) groups is 2. The average molecular weight is 379 g/mol. The van der Waals surface area contributed by atoms with Crippen LogP contribution in [0.15, 0.2) is 60.4 Å². The van der Waals surface area contributed by atoms with Crippen molar-refractivity contribution >= 4 is 23.6 Å². The van der Waals surface area contributed by atoms with Crippen LogP contribution in [0.1, 0.15) is 29.8 Å². The van der Waals surface area contributed by atoms with Crippen molar-refractivity contribution in [1.82, 2.24) is 0 Å². The van der Waals surface area contributed by atoms with Crippen molar-refractivity contribution in [3.8, 4) is 11.5 Å². The van der Waals surface area contributed by atoms with Crippen LogP contribution in [-0.2, 0) is 9.53 Å². The van der Waals surface area contributed by atoms with Gasteiger partial charge in [0.2, 0.25) is 0 Å². The zero-order valence-corrected chi connectivity index (χ0v) is 15.9. The standard InChI is InChI=1S/C22H21NO5/c1-14(2)28-22(25)16-5-4-6-18(12-16)23-21(24)15-9-10-27-20-8-7-19(26-3)13-17(20)11-15/h4-14H,1-3H3,(H,23,24). The summed E-state index contributed by atoms with van der Waals surface area (Å²) in [6.45, 7) is 3.56. The number of methoxy groups -OCH3 is 1. The Labute approximate surface area is 163 Å². The minimum atomic E-state index is -0.436. The first kappa shape index (κ1) is 19.2. The minimum Gasteiger partial charge on any atom is -0.497 e. The number of benzene rings is 2. The Morgan fingerprint density at radius 2 is 1.93 bits per heavy atom. The lowest BCUT2D eigenvalue weighted by atomic mass is 10.1. The van der Waals surface area contributed by atoms with Gasteiger partial charge in [-0.2, -0.15) is 0 Å². The van der Waals surface area contributed by atoms with Crippen molar-refractivity contribution in [2.75, 3.05) is 12.4 Å². The Hall–Kier alpha value is -3.54. The van der Waals surface area contributed by atoms with Crippen LogP contribution >= 0.6 is 0 Å². The van der Waals surface area contributed by atoms with Crippen molar-refractivity contribution in [3.63, 3.8) is 0 Å². The van der Waals surface area contributed by atoms with Gasteiger partial charge in [-0.05, 0) is 62.4 Å². The molecule has 1 aliphatic rings. The van der Waals surface area contributed by atoms with Gasteiger partial charge in [0.1, 0.15) is 11.5 Å².